The third-order valence-corrected chi connectivity index (χ3v) is 6.72. The lowest BCUT2D eigenvalue weighted by Gasteiger charge is -2.26. The third kappa shape index (κ3) is 5.44. The molecule has 0 saturated heterocycles. The van der Waals surface area contributed by atoms with Crippen LogP contribution in [0, 0.1) is 0 Å². The maximum absolute atomic E-state index is 12.4. The van der Waals surface area contributed by atoms with E-state index in [0.717, 1.165) is 51.9 Å². The Labute approximate surface area is 237 Å². The average Bonchev–Trinajstić information content (AvgIpc) is 3.37. The molecule has 1 amide bonds. The SMILES string of the molecule is [2H]C([2H])([2H])N(C)CCN(c1cc(OC)c(Nc2nccc(-c3cn4c5c(cccc35)CCC4)n2)cc1NC(=O)C=C)C([2H])([2H])[2H]. The fraction of sp³-hybridized carbons (Fsp3) is 0.300. The summed E-state index contributed by atoms with van der Waals surface area (Å²) in [7, 11) is 2.82. The Bertz CT molecular complexity index is 1730. The Morgan fingerprint density at radius 2 is 2.15 bits per heavy atom. The predicted octanol–water partition coefficient (Wildman–Crippen LogP) is 4.92. The number of para-hydroxylation sites is 1. The summed E-state index contributed by atoms with van der Waals surface area (Å²) in [5, 5.41) is 6.95. The first kappa shape index (κ1) is 19.7. The van der Waals surface area contributed by atoms with Gasteiger partial charge in [-0.2, -0.15) is 0 Å². The minimum atomic E-state index is -2.68. The molecule has 0 saturated carbocycles. The Hall–Kier alpha value is -4.37. The van der Waals surface area contributed by atoms with Crippen LogP contribution in [0.3, 0.4) is 0 Å². The molecular formula is C30H35N7O2. The summed E-state index contributed by atoms with van der Waals surface area (Å²) in [6, 6.07) is 11.2. The van der Waals surface area contributed by atoms with Crippen LogP contribution in [0.25, 0.3) is 22.2 Å². The Morgan fingerprint density at radius 1 is 1.26 bits per heavy atom. The van der Waals surface area contributed by atoms with Gasteiger partial charge in [0.15, 0.2) is 0 Å². The quantitative estimate of drug-likeness (QED) is 0.281. The molecule has 0 spiro atoms. The van der Waals surface area contributed by atoms with E-state index in [2.05, 4.69) is 51.2 Å². The van der Waals surface area contributed by atoms with Gasteiger partial charge in [-0.15, -0.1) is 0 Å². The van der Waals surface area contributed by atoms with E-state index in [1.807, 2.05) is 6.07 Å². The highest BCUT2D eigenvalue weighted by Gasteiger charge is 2.19. The van der Waals surface area contributed by atoms with Crippen molar-refractivity contribution >= 4 is 39.8 Å². The maximum atomic E-state index is 12.4. The van der Waals surface area contributed by atoms with Gasteiger partial charge in [-0.3, -0.25) is 4.79 Å². The van der Waals surface area contributed by atoms with E-state index in [0.29, 0.717) is 5.69 Å². The number of ether oxygens (including phenoxy) is 1. The number of nitrogens with zero attached hydrogens (tertiary/aromatic N) is 5. The molecule has 1 aliphatic rings. The third-order valence-electron chi connectivity index (χ3n) is 6.72. The van der Waals surface area contributed by atoms with E-state index in [1.54, 1.807) is 6.20 Å². The van der Waals surface area contributed by atoms with Crippen molar-refractivity contribution in [2.45, 2.75) is 19.4 Å². The van der Waals surface area contributed by atoms with Gasteiger partial charge in [0.1, 0.15) is 5.75 Å². The fourth-order valence-corrected chi connectivity index (χ4v) is 4.86. The van der Waals surface area contributed by atoms with Crippen LogP contribution in [0.15, 0.2) is 61.4 Å². The number of hydrogen-bond donors (Lipinski definition) is 2. The number of amides is 1. The van der Waals surface area contributed by atoms with Crippen molar-refractivity contribution in [1.82, 2.24) is 19.4 Å². The fourth-order valence-electron chi connectivity index (χ4n) is 4.86. The van der Waals surface area contributed by atoms with E-state index in [9.17, 15) is 4.79 Å². The normalized spacial score (nSPS) is 15.4. The summed E-state index contributed by atoms with van der Waals surface area (Å²) >= 11 is 0. The molecule has 0 fully saturated rings. The summed E-state index contributed by atoms with van der Waals surface area (Å²) in [4.78, 5) is 23.8. The van der Waals surface area contributed by atoms with Crippen molar-refractivity contribution in [2.75, 3.05) is 56.7 Å². The predicted molar refractivity (Wildman–Crippen MR) is 158 cm³/mol. The van der Waals surface area contributed by atoms with E-state index >= 15 is 0 Å². The molecule has 0 bridgehead atoms. The monoisotopic (exact) mass is 531 g/mol. The Morgan fingerprint density at radius 3 is 2.95 bits per heavy atom. The van der Waals surface area contributed by atoms with Crippen LogP contribution < -0.4 is 20.3 Å². The number of methoxy groups -OCH3 is 1. The van der Waals surface area contributed by atoms with Crippen LogP contribution in [0.4, 0.5) is 23.0 Å². The lowest BCUT2D eigenvalue weighted by Crippen LogP contribution is -2.29. The second-order valence-corrected chi connectivity index (χ2v) is 9.38. The van der Waals surface area contributed by atoms with Gasteiger partial charge < -0.3 is 29.7 Å². The smallest absolute Gasteiger partial charge is 0.247 e. The van der Waals surface area contributed by atoms with Crippen molar-refractivity contribution < 1.29 is 17.8 Å². The molecule has 39 heavy (non-hydrogen) atoms. The minimum absolute atomic E-state index is 0.0927. The molecule has 0 atom stereocenters. The van der Waals surface area contributed by atoms with Crippen molar-refractivity contribution in [3.8, 4) is 17.0 Å². The van der Waals surface area contributed by atoms with Gasteiger partial charge in [-0.05, 0) is 50.6 Å². The first-order chi connectivity index (χ1) is 21.3. The van der Waals surface area contributed by atoms with Gasteiger partial charge in [-0.25, -0.2) is 9.97 Å². The van der Waals surface area contributed by atoms with E-state index < -0.39 is 19.9 Å². The van der Waals surface area contributed by atoms with Gasteiger partial charge in [0.05, 0.1) is 35.4 Å². The zero-order valence-corrected chi connectivity index (χ0v) is 22.0. The molecule has 2 N–H and O–H groups in total. The number of hydrogen-bond acceptors (Lipinski definition) is 7. The second-order valence-electron chi connectivity index (χ2n) is 9.38. The molecule has 9 heteroatoms. The highest BCUT2D eigenvalue weighted by molar-refractivity contribution is 6.02. The molecule has 2 aromatic heterocycles. The lowest BCUT2D eigenvalue weighted by molar-refractivity contribution is -0.111. The molecule has 202 valence electrons. The number of aryl methyl sites for hydroxylation is 2. The topological polar surface area (TPSA) is 87.6 Å². The first-order valence-electron chi connectivity index (χ1n) is 15.7. The number of carbonyl (C=O) groups is 1. The highest BCUT2D eigenvalue weighted by Crippen LogP contribution is 2.39. The first-order valence-corrected chi connectivity index (χ1v) is 12.7. The number of likely N-dealkylation sites (N-methyl/N-ethyl adjacent to an activating group) is 2. The number of nitrogens with one attached hydrogen (secondary N) is 2. The van der Waals surface area contributed by atoms with Gasteiger partial charge in [0, 0.05) is 64.2 Å². The summed E-state index contributed by atoms with van der Waals surface area (Å²) in [5.74, 6) is -0.0524. The zero-order valence-electron chi connectivity index (χ0n) is 28.0. The van der Waals surface area contributed by atoms with Crippen molar-refractivity contribution in [3.05, 3.63) is 67.0 Å². The van der Waals surface area contributed by atoms with Crippen LogP contribution in [-0.4, -0.2) is 66.5 Å². The summed E-state index contributed by atoms with van der Waals surface area (Å²) in [6.07, 6.45) is 6.94. The highest BCUT2D eigenvalue weighted by atomic mass is 16.5. The van der Waals surface area contributed by atoms with E-state index in [1.165, 1.54) is 37.4 Å². The number of anilines is 4. The van der Waals surface area contributed by atoms with Crippen LogP contribution in [0.2, 0.25) is 0 Å². The molecule has 1 aliphatic heterocycles. The Balaban J connectivity index is 1.53. The maximum Gasteiger partial charge on any atom is 0.247 e. The van der Waals surface area contributed by atoms with Crippen molar-refractivity contribution in [3.63, 3.8) is 0 Å². The average molecular weight is 532 g/mol. The van der Waals surface area contributed by atoms with Gasteiger partial charge >= 0.3 is 0 Å². The van der Waals surface area contributed by atoms with Crippen molar-refractivity contribution in [2.24, 2.45) is 0 Å². The molecule has 0 aliphatic carbocycles. The number of rotatable bonds is 10. The lowest BCUT2D eigenvalue weighted by atomic mass is 10.0. The Kier molecular flexibility index (Phi) is 5.63. The number of aromatic nitrogens is 3. The van der Waals surface area contributed by atoms with Crippen LogP contribution >= 0.6 is 0 Å². The molecule has 9 nitrogen and oxygen atoms in total. The zero-order chi connectivity index (χ0) is 32.5. The molecule has 2 aromatic carbocycles. The summed E-state index contributed by atoms with van der Waals surface area (Å²) in [6.45, 7) is -0.926. The van der Waals surface area contributed by atoms with Crippen LogP contribution in [-0.2, 0) is 17.8 Å². The van der Waals surface area contributed by atoms with Crippen molar-refractivity contribution in [1.29, 1.82) is 0 Å². The van der Waals surface area contributed by atoms with Crippen LogP contribution in [0.5, 0.6) is 5.75 Å². The van der Waals surface area contributed by atoms with E-state index in [-0.39, 0.29) is 36.2 Å². The molecular weight excluding hydrogens is 490 g/mol. The summed E-state index contributed by atoms with van der Waals surface area (Å²) in [5.41, 5.74) is 4.85. The number of carbonyl (C=O) groups excluding carboxylic acids is 1. The minimum Gasteiger partial charge on any atom is -0.494 e. The summed E-state index contributed by atoms with van der Waals surface area (Å²) < 4.78 is 55.4. The molecule has 0 unspecified atom stereocenters. The molecule has 3 heterocycles. The molecule has 0 radical (unpaired) electrons. The van der Waals surface area contributed by atoms with Gasteiger partial charge in [0.2, 0.25) is 11.9 Å². The van der Waals surface area contributed by atoms with E-state index in [4.69, 9.17) is 17.9 Å². The standard InChI is InChI=1S/C30H35N7O2/c1-6-28(38)32-24-17-25(27(39-5)18-26(24)36(4)16-15-35(2)3)34-30-31-13-12-23(33-30)22-19-37-14-8-10-20-9-7-11-21(22)29(20)37/h6-7,9,11-13,17-19H,1,8,10,14-16H2,2-5H3,(H,32,38)(H,31,33,34)/i2D3,4D3. The van der Waals surface area contributed by atoms with Gasteiger partial charge in [-0.1, -0.05) is 24.8 Å². The molecule has 5 rings (SSSR count). The number of benzene rings is 2. The molecule has 4 aromatic rings. The largest absolute Gasteiger partial charge is 0.494 e. The van der Waals surface area contributed by atoms with Crippen LogP contribution in [0.1, 0.15) is 20.2 Å². The van der Waals surface area contributed by atoms with Gasteiger partial charge in [0.25, 0.3) is 0 Å². The second kappa shape index (κ2) is 11.2.